The zero-order valence-corrected chi connectivity index (χ0v) is 15.0. The molecule has 0 aliphatic heterocycles. The zero-order valence-electron chi connectivity index (χ0n) is 14.3. The van der Waals surface area contributed by atoms with Crippen LogP contribution in [0.25, 0.3) is 0 Å². The molecule has 5 heteroatoms. The number of carbonyl (C=O) groups excluding carboxylic acids is 1. The molecule has 0 saturated heterocycles. The number of hydrogen-bond donors (Lipinski definition) is 1. The number of nitrogens with one attached hydrogen (secondary N) is 1. The van der Waals surface area contributed by atoms with Crippen molar-refractivity contribution in [3.63, 3.8) is 0 Å². The Bertz CT molecular complexity index is 689. The fraction of sp³-hybridized carbons (Fsp3) is 0.316. The van der Waals surface area contributed by atoms with Gasteiger partial charge in [0.05, 0.1) is 12.6 Å². The van der Waals surface area contributed by atoms with Crippen LogP contribution < -0.4 is 5.32 Å². The normalized spacial score (nSPS) is 12.2. The fourth-order valence-electron chi connectivity index (χ4n) is 2.58. The van der Waals surface area contributed by atoms with Crippen molar-refractivity contribution in [3.05, 3.63) is 70.2 Å². The van der Waals surface area contributed by atoms with Crippen molar-refractivity contribution in [2.75, 3.05) is 27.7 Å². The SMILES string of the molecule is COCc1cccc(C(=O)NCC(c2ccccc2Cl)N(C)C)c1. The van der Waals surface area contributed by atoms with E-state index in [0.717, 1.165) is 11.1 Å². The maximum absolute atomic E-state index is 12.4. The maximum Gasteiger partial charge on any atom is 0.251 e. The molecule has 0 bridgehead atoms. The first-order valence-electron chi connectivity index (χ1n) is 7.80. The first-order chi connectivity index (χ1) is 11.5. The van der Waals surface area contributed by atoms with E-state index >= 15 is 0 Å². The highest BCUT2D eigenvalue weighted by Crippen LogP contribution is 2.25. The van der Waals surface area contributed by atoms with E-state index in [0.29, 0.717) is 23.7 Å². The molecule has 1 unspecified atom stereocenters. The van der Waals surface area contributed by atoms with Crippen LogP contribution >= 0.6 is 11.6 Å². The molecule has 4 nitrogen and oxygen atoms in total. The topological polar surface area (TPSA) is 41.6 Å². The van der Waals surface area contributed by atoms with Crippen molar-refractivity contribution in [1.29, 1.82) is 0 Å². The molecule has 0 aliphatic carbocycles. The molecule has 0 saturated carbocycles. The quantitative estimate of drug-likeness (QED) is 0.834. The molecule has 2 aromatic rings. The molecule has 24 heavy (non-hydrogen) atoms. The highest BCUT2D eigenvalue weighted by molar-refractivity contribution is 6.31. The molecule has 1 N–H and O–H groups in total. The summed E-state index contributed by atoms with van der Waals surface area (Å²) in [5, 5.41) is 3.70. The number of methoxy groups -OCH3 is 1. The lowest BCUT2D eigenvalue weighted by atomic mass is 10.1. The fourth-order valence-corrected chi connectivity index (χ4v) is 2.84. The molecule has 0 fully saturated rings. The van der Waals surface area contributed by atoms with Crippen molar-refractivity contribution in [3.8, 4) is 0 Å². The molecule has 1 amide bonds. The van der Waals surface area contributed by atoms with Crippen molar-refractivity contribution in [2.45, 2.75) is 12.6 Å². The number of halogens is 1. The predicted molar refractivity (Wildman–Crippen MR) is 97.4 cm³/mol. The van der Waals surface area contributed by atoms with E-state index < -0.39 is 0 Å². The third kappa shape index (κ3) is 4.81. The van der Waals surface area contributed by atoms with Gasteiger partial charge in [-0.3, -0.25) is 4.79 Å². The van der Waals surface area contributed by atoms with Gasteiger partial charge in [0.1, 0.15) is 0 Å². The smallest absolute Gasteiger partial charge is 0.251 e. The number of likely N-dealkylation sites (N-methyl/N-ethyl adjacent to an activating group) is 1. The second-order valence-electron chi connectivity index (χ2n) is 5.84. The van der Waals surface area contributed by atoms with Gasteiger partial charge in [0.25, 0.3) is 5.91 Å². The van der Waals surface area contributed by atoms with E-state index in [9.17, 15) is 4.79 Å². The molecule has 0 spiro atoms. The number of amides is 1. The molecule has 0 heterocycles. The van der Waals surface area contributed by atoms with Gasteiger partial charge < -0.3 is 15.0 Å². The van der Waals surface area contributed by atoms with Crippen LogP contribution in [0.1, 0.15) is 27.5 Å². The summed E-state index contributed by atoms with van der Waals surface area (Å²) in [5.41, 5.74) is 2.60. The second kappa shape index (κ2) is 8.83. The van der Waals surface area contributed by atoms with Crippen molar-refractivity contribution in [2.24, 2.45) is 0 Å². The number of nitrogens with zero attached hydrogens (tertiary/aromatic N) is 1. The third-order valence-corrected chi connectivity index (χ3v) is 4.19. The van der Waals surface area contributed by atoms with Crippen molar-refractivity contribution in [1.82, 2.24) is 10.2 Å². The van der Waals surface area contributed by atoms with Crippen molar-refractivity contribution < 1.29 is 9.53 Å². The zero-order chi connectivity index (χ0) is 17.5. The number of ether oxygens (including phenoxy) is 1. The molecule has 2 rings (SSSR count). The van der Waals surface area contributed by atoms with Gasteiger partial charge in [0.2, 0.25) is 0 Å². The van der Waals surface area contributed by atoms with Gasteiger partial charge in [-0.15, -0.1) is 0 Å². The molecule has 0 aliphatic rings. The van der Waals surface area contributed by atoms with E-state index in [-0.39, 0.29) is 11.9 Å². The van der Waals surface area contributed by atoms with E-state index in [1.807, 2.05) is 61.5 Å². The van der Waals surface area contributed by atoms with Gasteiger partial charge in [-0.05, 0) is 43.4 Å². The summed E-state index contributed by atoms with van der Waals surface area (Å²) in [7, 11) is 5.58. The van der Waals surface area contributed by atoms with Gasteiger partial charge in [-0.1, -0.05) is 41.9 Å². The molecule has 0 aromatic heterocycles. The Balaban J connectivity index is 2.08. The van der Waals surface area contributed by atoms with Gasteiger partial charge in [0, 0.05) is 24.2 Å². The summed E-state index contributed by atoms with van der Waals surface area (Å²) < 4.78 is 5.11. The van der Waals surface area contributed by atoms with Gasteiger partial charge in [-0.2, -0.15) is 0 Å². The van der Waals surface area contributed by atoms with Crippen molar-refractivity contribution >= 4 is 17.5 Å². The van der Waals surface area contributed by atoms with E-state index in [1.54, 1.807) is 13.2 Å². The van der Waals surface area contributed by atoms with E-state index in [1.165, 1.54) is 0 Å². The standard InChI is InChI=1S/C19H23ClN2O2/c1-22(2)18(16-9-4-5-10-17(16)20)12-21-19(23)15-8-6-7-14(11-15)13-24-3/h4-11,18H,12-13H2,1-3H3,(H,21,23). The summed E-state index contributed by atoms with van der Waals surface area (Å²) in [4.78, 5) is 14.5. The summed E-state index contributed by atoms with van der Waals surface area (Å²) in [6.07, 6.45) is 0. The lowest BCUT2D eigenvalue weighted by molar-refractivity contribution is 0.0941. The van der Waals surface area contributed by atoms with Crippen LogP contribution in [0.2, 0.25) is 5.02 Å². The minimum Gasteiger partial charge on any atom is -0.380 e. The Morgan fingerprint density at radius 2 is 1.96 bits per heavy atom. The first-order valence-corrected chi connectivity index (χ1v) is 8.17. The highest BCUT2D eigenvalue weighted by Gasteiger charge is 2.18. The van der Waals surface area contributed by atoms with Crippen LogP contribution in [0.5, 0.6) is 0 Å². The molecular formula is C19H23ClN2O2. The Morgan fingerprint density at radius 3 is 2.62 bits per heavy atom. The summed E-state index contributed by atoms with van der Waals surface area (Å²) in [5.74, 6) is -0.105. The average Bonchev–Trinajstić information content (AvgIpc) is 2.56. The Labute approximate surface area is 148 Å². The largest absolute Gasteiger partial charge is 0.380 e. The lowest BCUT2D eigenvalue weighted by Gasteiger charge is -2.26. The molecule has 2 aromatic carbocycles. The van der Waals surface area contributed by atoms with Crippen LogP contribution in [-0.2, 0) is 11.3 Å². The van der Waals surface area contributed by atoms with Crippen LogP contribution in [0.3, 0.4) is 0 Å². The summed E-state index contributed by atoms with van der Waals surface area (Å²) in [6.45, 7) is 0.963. The molecule has 128 valence electrons. The summed E-state index contributed by atoms with van der Waals surface area (Å²) >= 11 is 6.30. The Hall–Kier alpha value is -1.88. The Kier molecular flexibility index (Phi) is 6.79. The van der Waals surface area contributed by atoms with E-state index in [4.69, 9.17) is 16.3 Å². The van der Waals surface area contributed by atoms with Gasteiger partial charge in [0.15, 0.2) is 0 Å². The minimum absolute atomic E-state index is 0.00445. The van der Waals surface area contributed by atoms with Crippen LogP contribution in [0.4, 0.5) is 0 Å². The Morgan fingerprint density at radius 1 is 1.21 bits per heavy atom. The van der Waals surface area contributed by atoms with Crippen LogP contribution in [-0.4, -0.2) is 38.6 Å². The maximum atomic E-state index is 12.4. The lowest BCUT2D eigenvalue weighted by Crippen LogP contribution is -2.34. The average molecular weight is 347 g/mol. The monoisotopic (exact) mass is 346 g/mol. The van der Waals surface area contributed by atoms with Crippen LogP contribution in [0, 0.1) is 0 Å². The first kappa shape index (κ1) is 18.5. The molecule has 1 atom stereocenters. The predicted octanol–water partition coefficient (Wildman–Crippen LogP) is 3.52. The van der Waals surface area contributed by atoms with Crippen LogP contribution in [0.15, 0.2) is 48.5 Å². The summed E-state index contributed by atoms with van der Waals surface area (Å²) in [6, 6.07) is 15.2. The van der Waals surface area contributed by atoms with Gasteiger partial charge >= 0.3 is 0 Å². The number of benzene rings is 2. The van der Waals surface area contributed by atoms with E-state index in [2.05, 4.69) is 5.32 Å². The number of rotatable bonds is 7. The van der Waals surface area contributed by atoms with Gasteiger partial charge in [-0.25, -0.2) is 0 Å². The highest BCUT2D eigenvalue weighted by atomic mass is 35.5. The molecular weight excluding hydrogens is 324 g/mol. The second-order valence-corrected chi connectivity index (χ2v) is 6.25. The number of carbonyl (C=O) groups is 1. The molecule has 0 radical (unpaired) electrons. The minimum atomic E-state index is -0.105. The number of hydrogen-bond acceptors (Lipinski definition) is 3. The third-order valence-electron chi connectivity index (χ3n) is 3.84.